The molecule has 0 radical (unpaired) electrons. The smallest absolute Gasteiger partial charge is 0.258 e. The highest BCUT2D eigenvalue weighted by molar-refractivity contribution is 9.10. The lowest BCUT2D eigenvalue weighted by molar-refractivity contribution is -0.120. The zero-order valence-electron chi connectivity index (χ0n) is 10.9. The Morgan fingerprint density at radius 3 is 2.29 bits per heavy atom. The molecule has 0 bridgehead atoms. The fraction of sp³-hybridized carbons (Fsp3) is 0.0714. The van der Waals surface area contributed by atoms with Crippen LogP contribution in [0.1, 0.15) is 5.56 Å². The molecule has 0 spiro atoms. The van der Waals surface area contributed by atoms with Crippen molar-refractivity contribution in [2.45, 2.75) is 11.3 Å². The molecule has 0 unspecified atom stereocenters. The van der Waals surface area contributed by atoms with Gasteiger partial charge < -0.3 is 0 Å². The molecule has 0 aliphatic carbocycles. The molecular weight excluding hydrogens is 356 g/mol. The third-order valence-electron chi connectivity index (χ3n) is 2.66. The Labute approximate surface area is 131 Å². The van der Waals surface area contributed by atoms with Gasteiger partial charge >= 0.3 is 0 Å². The molecule has 7 heteroatoms. The summed E-state index contributed by atoms with van der Waals surface area (Å²) in [5, 5.41) is 0. The van der Waals surface area contributed by atoms with Gasteiger partial charge in [0.15, 0.2) is 0 Å². The number of hydrazine groups is 1. The largest absolute Gasteiger partial charge is 0.277 e. The van der Waals surface area contributed by atoms with Crippen LogP contribution >= 0.6 is 15.9 Å². The summed E-state index contributed by atoms with van der Waals surface area (Å²) < 4.78 is 24.5. The van der Waals surface area contributed by atoms with E-state index in [-0.39, 0.29) is 11.3 Å². The standard InChI is InChI=1S/C14H13BrN2O3S/c15-12-8-4-5-9-13(12)21(19,20)17-16-14(18)10-11-6-2-1-3-7-11/h1-9,17H,10H2,(H,16,18). The SMILES string of the molecule is O=C(Cc1ccccc1)NNS(=O)(=O)c1ccccc1Br. The maximum atomic E-state index is 12.1. The van der Waals surface area contributed by atoms with E-state index < -0.39 is 15.9 Å². The number of amides is 1. The lowest BCUT2D eigenvalue weighted by Crippen LogP contribution is -2.42. The van der Waals surface area contributed by atoms with Crippen LogP contribution in [0.15, 0.2) is 64.0 Å². The summed E-state index contributed by atoms with van der Waals surface area (Å²) in [6.07, 6.45) is 0.0965. The Kier molecular flexibility index (Phi) is 5.11. The minimum atomic E-state index is -3.81. The Hall–Kier alpha value is -1.70. The van der Waals surface area contributed by atoms with Gasteiger partial charge in [0.1, 0.15) is 0 Å². The lowest BCUT2D eigenvalue weighted by atomic mass is 10.1. The average Bonchev–Trinajstić information content (AvgIpc) is 2.47. The van der Waals surface area contributed by atoms with Crippen molar-refractivity contribution < 1.29 is 13.2 Å². The van der Waals surface area contributed by atoms with Gasteiger partial charge in [-0.3, -0.25) is 10.2 Å². The second kappa shape index (κ2) is 6.84. The van der Waals surface area contributed by atoms with Crippen LogP contribution in [0.2, 0.25) is 0 Å². The molecule has 2 N–H and O–H groups in total. The van der Waals surface area contributed by atoms with E-state index in [1.165, 1.54) is 6.07 Å². The molecule has 0 aliphatic heterocycles. The molecule has 0 saturated heterocycles. The van der Waals surface area contributed by atoms with E-state index >= 15 is 0 Å². The van der Waals surface area contributed by atoms with Crippen molar-refractivity contribution in [2.75, 3.05) is 0 Å². The Morgan fingerprint density at radius 2 is 1.62 bits per heavy atom. The van der Waals surface area contributed by atoms with Crippen LogP contribution in [0.4, 0.5) is 0 Å². The summed E-state index contributed by atoms with van der Waals surface area (Å²) in [7, 11) is -3.81. The van der Waals surface area contributed by atoms with Gasteiger partial charge in [0.05, 0.1) is 11.3 Å². The first kappa shape index (κ1) is 15.7. The molecule has 0 saturated carbocycles. The van der Waals surface area contributed by atoms with E-state index in [2.05, 4.69) is 26.2 Å². The van der Waals surface area contributed by atoms with Crippen molar-refractivity contribution in [2.24, 2.45) is 0 Å². The van der Waals surface area contributed by atoms with Gasteiger partial charge in [0, 0.05) is 4.47 Å². The maximum absolute atomic E-state index is 12.1. The number of carbonyl (C=O) groups is 1. The third kappa shape index (κ3) is 4.38. The van der Waals surface area contributed by atoms with E-state index in [4.69, 9.17) is 0 Å². The fourth-order valence-electron chi connectivity index (χ4n) is 1.67. The van der Waals surface area contributed by atoms with Gasteiger partial charge in [0.2, 0.25) is 5.91 Å². The Bertz CT molecular complexity index is 733. The number of hydrogen-bond donors (Lipinski definition) is 2. The molecular formula is C14H13BrN2O3S. The summed E-state index contributed by atoms with van der Waals surface area (Å²) in [6.45, 7) is 0. The van der Waals surface area contributed by atoms with Crippen LogP contribution in [0.25, 0.3) is 0 Å². The van der Waals surface area contributed by atoms with Crippen LogP contribution < -0.4 is 10.3 Å². The van der Waals surface area contributed by atoms with Crippen LogP contribution in [-0.2, 0) is 21.2 Å². The van der Waals surface area contributed by atoms with Crippen molar-refractivity contribution in [1.82, 2.24) is 10.3 Å². The Morgan fingerprint density at radius 1 is 1.00 bits per heavy atom. The first-order valence-corrected chi connectivity index (χ1v) is 8.36. The van der Waals surface area contributed by atoms with Gasteiger partial charge in [-0.2, -0.15) is 0 Å². The van der Waals surface area contributed by atoms with Crippen molar-refractivity contribution in [1.29, 1.82) is 0 Å². The molecule has 21 heavy (non-hydrogen) atoms. The van der Waals surface area contributed by atoms with Gasteiger partial charge in [0.25, 0.3) is 10.0 Å². The summed E-state index contributed by atoms with van der Waals surface area (Å²) in [5.74, 6) is -0.433. The van der Waals surface area contributed by atoms with Crippen LogP contribution in [0.3, 0.4) is 0 Å². The average molecular weight is 369 g/mol. The Balaban J connectivity index is 1.99. The molecule has 2 rings (SSSR count). The van der Waals surface area contributed by atoms with E-state index in [0.29, 0.717) is 4.47 Å². The van der Waals surface area contributed by atoms with Crippen molar-refractivity contribution in [3.8, 4) is 0 Å². The third-order valence-corrected chi connectivity index (χ3v) is 4.92. The number of hydrogen-bond acceptors (Lipinski definition) is 3. The first-order valence-electron chi connectivity index (χ1n) is 6.08. The number of rotatable bonds is 5. The number of carbonyl (C=O) groups excluding carboxylic acids is 1. The van der Waals surface area contributed by atoms with Crippen molar-refractivity contribution >= 4 is 31.9 Å². The number of halogens is 1. The molecule has 110 valence electrons. The molecule has 1 amide bonds. The van der Waals surface area contributed by atoms with Gasteiger partial charge in [-0.1, -0.05) is 42.5 Å². The molecule has 0 aliphatic rings. The van der Waals surface area contributed by atoms with Crippen molar-refractivity contribution in [3.05, 3.63) is 64.6 Å². The van der Waals surface area contributed by atoms with E-state index in [1.807, 2.05) is 18.2 Å². The number of benzene rings is 2. The predicted octanol–water partition coefficient (Wildman–Crippen LogP) is 2.00. The second-order valence-electron chi connectivity index (χ2n) is 4.25. The normalized spacial score (nSPS) is 11.1. The first-order chi connectivity index (χ1) is 9.99. The minimum absolute atomic E-state index is 0.0602. The summed E-state index contributed by atoms with van der Waals surface area (Å²) in [4.78, 5) is 13.9. The molecule has 0 atom stereocenters. The zero-order valence-corrected chi connectivity index (χ0v) is 13.3. The molecule has 0 heterocycles. The van der Waals surface area contributed by atoms with Gasteiger partial charge in [-0.25, -0.2) is 8.42 Å². The quantitative estimate of drug-likeness (QED) is 0.792. The summed E-state index contributed by atoms with van der Waals surface area (Å²) in [5.41, 5.74) is 3.00. The topological polar surface area (TPSA) is 75.3 Å². The predicted molar refractivity (Wildman–Crippen MR) is 82.8 cm³/mol. The number of sulfonamides is 1. The fourth-order valence-corrected chi connectivity index (χ4v) is 3.53. The molecule has 2 aromatic carbocycles. The second-order valence-corrected chi connectivity index (χ2v) is 6.75. The maximum Gasteiger partial charge on any atom is 0.258 e. The van der Waals surface area contributed by atoms with Crippen LogP contribution in [0.5, 0.6) is 0 Å². The highest BCUT2D eigenvalue weighted by Gasteiger charge is 2.17. The van der Waals surface area contributed by atoms with Crippen LogP contribution in [0, 0.1) is 0 Å². The highest BCUT2D eigenvalue weighted by Crippen LogP contribution is 2.20. The van der Waals surface area contributed by atoms with Crippen molar-refractivity contribution in [3.63, 3.8) is 0 Å². The van der Waals surface area contributed by atoms with Crippen LogP contribution in [-0.4, -0.2) is 14.3 Å². The van der Waals surface area contributed by atoms with Gasteiger partial charge in [-0.05, 0) is 33.6 Å². The molecule has 5 nitrogen and oxygen atoms in total. The summed E-state index contributed by atoms with van der Waals surface area (Å²) >= 11 is 3.16. The number of nitrogens with one attached hydrogen (secondary N) is 2. The van der Waals surface area contributed by atoms with E-state index in [9.17, 15) is 13.2 Å². The lowest BCUT2D eigenvalue weighted by Gasteiger charge is -2.09. The van der Waals surface area contributed by atoms with E-state index in [0.717, 1.165) is 5.56 Å². The zero-order chi connectivity index (χ0) is 15.3. The minimum Gasteiger partial charge on any atom is -0.277 e. The monoisotopic (exact) mass is 368 g/mol. The van der Waals surface area contributed by atoms with Gasteiger partial charge in [-0.15, -0.1) is 4.83 Å². The summed E-state index contributed by atoms with van der Waals surface area (Å²) in [6, 6.07) is 15.4. The molecule has 2 aromatic rings. The van der Waals surface area contributed by atoms with E-state index in [1.54, 1.807) is 30.3 Å². The molecule has 0 fully saturated rings. The highest BCUT2D eigenvalue weighted by atomic mass is 79.9. The molecule has 0 aromatic heterocycles.